The molecule has 14 heavy (non-hydrogen) atoms. The van der Waals surface area contributed by atoms with Gasteiger partial charge in [-0.15, -0.1) is 0 Å². The van der Waals surface area contributed by atoms with E-state index >= 15 is 0 Å². The van der Waals surface area contributed by atoms with Crippen molar-refractivity contribution in [3.63, 3.8) is 0 Å². The molecular weight excluding hydrogens is 183 g/mol. The van der Waals surface area contributed by atoms with Crippen LogP contribution in [0.25, 0.3) is 0 Å². The number of amides is 1. The Morgan fingerprint density at radius 2 is 2.29 bits per heavy atom. The molecule has 1 saturated heterocycles. The summed E-state index contributed by atoms with van der Waals surface area (Å²) in [5.74, 6) is 0.638. The predicted octanol–water partition coefficient (Wildman–Crippen LogP) is 0.603. The van der Waals surface area contributed by atoms with Gasteiger partial charge in [-0.25, -0.2) is 4.39 Å². The number of nitrogens with one attached hydrogen (secondary N) is 2. The van der Waals surface area contributed by atoms with Crippen molar-refractivity contribution in [3.05, 3.63) is 0 Å². The molecule has 2 rings (SSSR count). The van der Waals surface area contributed by atoms with Crippen molar-refractivity contribution in [2.75, 3.05) is 13.1 Å². The van der Waals surface area contributed by atoms with Gasteiger partial charge in [-0.3, -0.25) is 4.79 Å². The predicted molar refractivity (Wildman–Crippen MR) is 51.7 cm³/mol. The summed E-state index contributed by atoms with van der Waals surface area (Å²) in [5, 5.41) is 5.76. The Hall–Kier alpha value is -0.640. The van der Waals surface area contributed by atoms with Crippen LogP contribution >= 0.6 is 0 Å². The van der Waals surface area contributed by atoms with Gasteiger partial charge in [0.25, 0.3) is 0 Å². The summed E-state index contributed by atoms with van der Waals surface area (Å²) in [6.45, 7) is 1.09. The SMILES string of the molecule is O=C(NCC1CCC1)[C@H]1C[C@H](F)CN1. The minimum absolute atomic E-state index is 0.0305. The third-order valence-corrected chi connectivity index (χ3v) is 3.18. The molecule has 0 aromatic carbocycles. The van der Waals surface area contributed by atoms with E-state index < -0.39 is 6.17 Å². The van der Waals surface area contributed by atoms with Crippen molar-refractivity contribution in [1.29, 1.82) is 0 Å². The minimum Gasteiger partial charge on any atom is -0.354 e. The first-order valence-electron chi connectivity index (χ1n) is 5.41. The molecule has 4 heteroatoms. The van der Waals surface area contributed by atoms with E-state index in [1.54, 1.807) is 0 Å². The largest absolute Gasteiger partial charge is 0.354 e. The van der Waals surface area contributed by atoms with Crippen LogP contribution in [-0.2, 0) is 4.79 Å². The summed E-state index contributed by atoms with van der Waals surface area (Å²) in [6.07, 6.45) is 3.22. The second-order valence-corrected chi connectivity index (χ2v) is 4.34. The van der Waals surface area contributed by atoms with Gasteiger partial charge in [0.05, 0.1) is 6.04 Å². The molecule has 1 aliphatic heterocycles. The van der Waals surface area contributed by atoms with E-state index in [1.807, 2.05) is 0 Å². The molecule has 1 amide bonds. The molecular formula is C10H17FN2O. The summed E-state index contributed by atoms with van der Waals surface area (Å²) in [4.78, 5) is 11.5. The molecule has 1 saturated carbocycles. The summed E-state index contributed by atoms with van der Waals surface area (Å²) in [6, 6.07) is -0.301. The number of carbonyl (C=O) groups excluding carboxylic acids is 1. The van der Waals surface area contributed by atoms with E-state index in [9.17, 15) is 9.18 Å². The second-order valence-electron chi connectivity index (χ2n) is 4.34. The average molecular weight is 200 g/mol. The van der Waals surface area contributed by atoms with E-state index in [-0.39, 0.29) is 11.9 Å². The van der Waals surface area contributed by atoms with Crippen molar-refractivity contribution in [3.8, 4) is 0 Å². The third kappa shape index (κ3) is 2.23. The molecule has 0 radical (unpaired) electrons. The van der Waals surface area contributed by atoms with E-state index in [1.165, 1.54) is 19.3 Å². The molecule has 1 heterocycles. The van der Waals surface area contributed by atoms with Gasteiger partial charge < -0.3 is 10.6 Å². The number of rotatable bonds is 3. The highest BCUT2D eigenvalue weighted by molar-refractivity contribution is 5.82. The van der Waals surface area contributed by atoms with Crippen LogP contribution in [0.2, 0.25) is 0 Å². The van der Waals surface area contributed by atoms with Gasteiger partial charge in [-0.05, 0) is 18.8 Å². The molecule has 80 valence electrons. The van der Waals surface area contributed by atoms with E-state index in [0.717, 1.165) is 6.54 Å². The zero-order valence-corrected chi connectivity index (χ0v) is 8.26. The Morgan fingerprint density at radius 3 is 2.79 bits per heavy atom. The second kappa shape index (κ2) is 4.26. The Labute approximate surface area is 83.4 Å². The highest BCUT2D eigenvalue weighted by atomic mass is 19.1. The third-order valence-electron chi connectivity index (χ3n) is 3.18. The zero-order valence-electron chi connectivity index (χ0n) is 8.26. The standard InChI is InChI=1S/C10H17FN2O/c11-8-4-9(12-6-8)10(14)13-5-7-2-1-3-7/h7-9,12H,1-6H2,(H,13,14)/t8-,9+/m0/s1. The highest BCUT2D eigenvalue weighted by Crippen LogP contribution is 2.25. The first kappa shape index (κ1) is 9.90. The molecule has 2 aliphatic rings. The fourth-order valence-electron chi connectivity index (χ4n) is 1.96. The summed E-state index contributed by atoms with van der Waals surface area (Å²) >= 11 is 0. The maximum Gasteiger partial charge on any atom is 0.237 e. The maximum atomic E-state index is 12.8. The first-order valence-corrected chi connectivity index (χ1v) is 5.41. The van der Waals surface area contributed by atoms with Crippen molar-refractivity contribution in [2.24, 2.45) is 5.92 Å². The number of carbonyl (C=O) groups is 1. The van der Waals surface area contributed by atoms with E-state index in [4.69, 9.17) is 0 Å². The number of hydrogen-bond donors (Lipinski definition) is 2. The summed E-state index contributed by atoms with van der Waals surface area (Å²) in [7, 11) is 0. The van der Waals surface area contributed by atoms with Crippen LogP contribution in [0, 0.1) is 5.92 Å². The highest BCUT2D eigenvalue weighted by Gasteiger charge is 2.29. The van der Waals surface area contributed by atoms with Gasteiger partial charge >= 0.3 is 0 Å². The van der Waals surface area contributed by atoms with Crippen LogP contribution in [0.1, 0.15) is 25.7 Å². The molecule has 0 spiro atoms. The molecule has 0 bridgehead atoms. The lowest BCUT2D eigenvalue weighted by Crippen LogP contribution is -2.43. The fraction of sp³-hybridized carbons (Fsp3) is 0.900. The lowest BCUT2D eigenvalue weighted by molar-refractivity contribution is -0.123. The maximum absolute atomic E-state index is 12.8. The van der Waals surface area contributed by atoms with Crippen LogP contribution in [0.3, 0.4) is 0 Å². The quantitative estimate of drug-likeness (QED) is 0.700. The fourth-order valence-corrected chi connectivity index (χ4v) is 1.96. The number of alkyl halides is 1. The molecule has 1 aliphatic carbocycles. The Kier molecular flexibility index (Phi) is 3.01. The Morgan fingerprint density at radius 1 is 1.50 bits per heavy atom. The van der Waals surface area contributed by atoms with Crippen LogP contribution < -0.4 is 10.6 Å². The molecule has 0 unspecified atom stereocenters. The van der Waals surface area contributed by atoms with Gasteiger partial charge in [-0.1, -0.05) is 6.42 Å². The van der Waals surface area contributed by atoms with Gasteiger partial charge in [0, 0.05) is 19.5 Å². The smallest absolute Gasteiger partial charge is 0.237 e. The lowest BCUT2D eigenvalue weighted by Gasteiger charge is -2.26. The summed E-state index contributed by atoms with van der Waals surface area (Å²) in [5.41, 5.74) is 0. The van der Waals surface area contributed by atoms with E-state index in [2.05, 4.69) is 10.6 Å². The molecule has 3 nitrogen and oxygen atoms in total. The molecule has 2 atom stereocenters. The van der Waals surface area contributed by atoms with Crippen LogP contribution in [0.15, 0.2) is 0 Å². The monoisotopic (exact) mass is 200 g/mol. The van der Waals surface area contributed by atoms with Gasteiger partial charge in [-0.2, -0.15) is 0 Å². The molecule has 0 aromatic heterocycles. The number of halogens is 1. The first-order chi connectivity index (χ1) is 6.75. The van der Waals surface area contributed by atoms with Crippen molar-refractivity contribution < 1.29 is 9.18 Å². The van der Waals surface area contributed by atoms with Crippen LogP contribution in [0.4, 0.5) is 4.39 Å². The Bertz CT molecular complexity index is 218. The van der Waals surface area contributed by atoms with Crippen LogP contribution in [0.5, 0.6) is 0 Å². The Balaban J connectivity index is 1.67. The lowest BCUT2D eigenvalue weighted by atomic mass is 9.85. The number of hydrogen-bond acceptors (Lipinski definition) is 2. The van der Waals surface area contributed by atoms with Gasteiger partial charge in [0.2, 0.25) is 5.91 Å². The zero-order chi connectivity index (χ0) is 9.97. The van der Waals surface area contributed by atoms with Gasteiger partial charge in [0.15, 0.2) is 0 Å². The molecule has 0 aromatic rings. The minimum atomic E-state index is -0.852. The van der Waals surface area contributed by atoms with Crippen LogP contribution in [-0.4, -0.2) is 31.2 Å². The molecule has 2 fully saturated rings. The van der Waals surface area contributed by atoms with Gasteiger partial charge in [0.1, 0.15) is 6.17 Å². The topological polar surface area (TPSA) is 41.1 Å². The van der Waals surface area contributed by atoms with Crippen molar-refractivity contribution in [1.82, 2.24) is 10.6 Å². The van der Waals surface area contributed by atoms with E-state index in [0.29, 0.717) is 18.9 Å². The summed E-state index contributed by atoms with van der Waals surface area (Å²) < 4.78 is 12.8. The average Bonchev–Trinajstić information content (AvgIpc) is 2.49. The van der Waals surface area contributed by atoms with Crippen molar-refractivity contribution >= 4 is 5.91 Å². The normalized spacial score (nSPS) is 32.6. The van der Waals surface area contributed by atoms with Crippen molar-refractivity contribution in [2.45, 2.75) is 37.9 Å². The molecule has 2 N–H and O–H groups in total.